The van der Waals surface area contributed by atoms with Gasteiger partial charge in [0.2, 0.25) is 0 Å². The zero-order valence-corrected chi connectivity index (χ0v) is 8.01. The van der Waals surface area contributed by atoms with Crippen molar-refractivity contribution in [3.63, 3.8) is 0 Å². The van der Waals surface area contributed by atoms with E-state index in [4.69, 9.17) is 4.52 Å². The summed E-state index contributed by atoms with van der Waals surface area (Å²) >= 11 is 0. The first-order chi connectivity index (χ1) is 5.53. The molecule has 12 heavy (non-hydrogen) atoms. The van der Waals surface area contributed by atoms with Crippen molar-refractivity contribution in [1.29, 1.82) is 0 Å². The molecule has 0 fully saturated rings. The predicted octanol–water partition coefficient (Wildman–Crippen LogP) is 1.98. The summed E-state index contributed by atoms with van der Waals surface area (Å²) in [6.45, 7) is 8.09. The fraction of sp³-hybridized carbons (Fsp3) is 0.750. The van der Waals surface area contributed by atoms with Crippen LogP contribution in [-0.2, 0) is 0 Å². The monoisotopic (exact) mass is 169 g/mol. The van der Waals surface area contributed by atoms with Crippen molar-refractivity contribution >= 4 is 6.01 Å². The number of hydrogen-bond donors (Lipinski definition) is 1. The molecule has 0 amide bonds. The molecule has 0 aliphatic rings. The van der Waals surface area contributed by atoms with Gasteiger partial charge in [0.25, 0.3) is 0 Å². The van der Waals surface area contributed by atoms with Crippen molar-refractivity contribution in [2.24, 2.45) is 0 Å². The van der Waals surface area contributed by atoms with E-state index in [-0.39, 0.29) is 5.54 Å². The molecule has 0 saturated heterocycles. The second-order valence-corrected chi connectivity index (χ2v) is 3.51. The van der Waals surface area contributed by atoms with Gasteiger partial charge in [-0.2, -0.15) is 4.98 Å². The molecular formula is C8H15N3O. The number of nitrogens with one attached hydrogen (secondary N) is 1. The van der Waals surface area contributed by atoms with Crippen LogP contribution in [0.3, 0.4) is 0 Å². The minimum atomic E-state index is 0.0129. The first-order valence-electron chi connectivity index (χ1n) is 4.12. The molecule has 0 aliphatic heterocycles. The molecule has 1 aromatic rings. The molecule has 0 atom stereocenters. The van der Waals surface area contributed by atoms with Gasteiger partial charge in [-0.3, -0.25) is 0 Å². The average Bonchev–Trinajstić information content (AvgIpc) is 2.35. The number of anilines is 1. The molecule has 4 heteroatoms. The van der Waals surface area contributed by atoms with E-state index in [1.54, 1.807) is 6.92 Å². The summed E-state index contributed by atoms with van der Waals surface area (Å²) < 4.78 is 4.93. The minimum Gasteiger partial charge on any atom is -0.333 e. The van der Waals surface area contributed by atoms with Gasteiger partial charge < -0.3 is 9.84 Å². The Morgan fingerprint density at radius 1 is 1.50 bits per heavy atom. The quantitative estimate of drug-likeness (QED) is 0.751. The largest absolute Gasteiger partial charge is 0.333 e. The van der Waals surface area contributed by atoms with Crippen molar-refractivity contribution in [3.05, 3.63) is 5.82 Å². The summed E-state index contributed by atoms with van der Waals surface area (Å²) in [7, 11) is 0. The van der Waals surface area contributed by atoms with Crippen LogP contribution in [0.1, 0.15) is 33.0 Å². The van der Waals surface area contributed by atoms with Crippen LogP contribution in [0.25, 0.3) is 0 Å². The second-order valence-electron chi connectivity index (χ2n) is 3.51. The normalized spacial score (nSPS) is 11.7. The standard InChI is InChI=1S/C8H15N3O/c1-5-8(3,4)10-7-9-6(2)11-12-7/h5H2,1-4H3,(H,9,10,11). The van der Waals surface area contributed by atoms with E-state index in [1.807, 2.05) is 0 Å². The lowest BCUT2D eigenvalue weighted by atomic mass is 10.0. The number of nitrogens with zero attached hydrogens (tertiary/aromatic N) is 2. The van der Waals surface area contributed by atoms with E-state index in [9.17, 15) is 0 Å². The van der Waals surface area contributed by atoms with Crippen LogP contribution < -0.4 is 5.32 Å². The van der Waals surface area contributed by atoms with Crippen LogP contribution in [0.4, 0.5) is 6.01 Å². The van der Waals surface area contributed by atoms with E-state index in [0.29, 0.717) is 11.8 Å². The van der Waals surface area contributed by atoms with Crippen LogP contribution in [0, 0.1) is 6.92 Å². The molecule has 4 nitrogen and oxygen atoms in total. The molecule has 68 valence electrons. The number of hydrogen-bond acceptors (Lipinski definition) is 4. The minimum absolute atomic E-state index is 0.0129. The lowest BCUT2D eigenvalue weighted by molar-refractivity contribution is 0.408. The summed E-state index contributed by atoms with van der Waals surface area (Å²) in [5.41, 5.74) is 0.0129. The lowest BCUT2D eigenvalue weighted by Crippen LogP contribution is -2.29. The molecule has 1 aromatic heterocycles. The highest BCUT2D eigenvalue weighted by atomic mass is 16.5. The van der Waals surface area contributed by atoms with Gasteiger partial charge in [-0.25, -0.2) is 0 Å². The smallest absolute Gasteiger partial charge is 0.321 e. The first-order valence-corrected chi connectivity index (χ1v) is 4.12. The SMILES string of the molecule is CCC(C)(C)Nc1nc(C)no1. The van der Waals surface area contributed by atoms with Crippen molar-refractivity contribution in [1.82, 2.24) is 10.1 Å². The molecule has 1 heterocycles. The van der Waals surface area contributed by atoms with Crippen molar-refractivity contribution in [3.8, 4) is 0 Å². The predicted molar refractivity (Wildman–Crippen MR) is 47.0 cm³/mol. The van der Waals surface area contributed by atoms with Crippen LogP contribution in [0.5, 0.6) is 0 Å². The Morgan fingerprint density at radius 3 is 2.58 bits per heavy atom. The zero-order valence-electron chi connectivity index (χ0n) is 8.01. The number of rotatable bonds is 3. The van der Waals surface area contributed by atoms with Gasteiger partial charge in [0.15, 0.2) is 5.82 Å². The van der Waals surface area contributed by atoms with Crippen molar-refractivity contribution in [2.45, 2.75) is 39.7 Å². The van der Waals surface area contributed by atoms with E-state index >= 15 is 0 Å². The Labute approximate surface area is 72.4 Å². The molecule has 0 spiro atoms. The first kappa shape index (κ1) is 9.03. The molecule has 1 rings (SSSR count). The van der Waals surface area contributed by atoms with Gasteiger partial charge in [-0.05, 0) is 27.2 Å². The molecule has 0 bridgehead atoms. The molecule has 1 N–H and O–H groups in total. The Morgan fingerprint density at radius 2 is 2.17 bits per heavy atom. The summed E-state index contributed by atoms with van der Waals surface area (Å²) in [6.07, 6.45) is 1.01. The van der Waals surface area contributed by atoms with Crippen LogP contribution in [0.2, 0.25) is 0 Å². The molecule has 0 aromatic carbocycles. The third-order valence-corrected chi connectivity index (χ3v) is 1.86. The van der Waals surface area contributed by atoms with Crippen LogP contribution in [0.15, 0.2) is 4.52 Å². The van der Waals surface area contributed by atoms with Gasteiger partial charge in [0.05, 0.1) is 0 Å². The van der Waals surface area contributed by atoms with E-state index in [0.717, 1.165) is 6.42 Å². The van der Waals surface area contributed by atoms with Gasteiger partial charge in [-0.1, -0.05) is 12.1 Å². The maximum absolute atomic E-state index is 4.93. The Hall–Kier alpha value is -1.06. The van der Waals surface area contributed by atoms with E-state index in [2.05, 4.69) is 36.2 Å². The van der Waals surface area contributed by atoms with Crippen molar-refractivity contribution in [2.75, 3.05) is 5.32 Å². The van der Waals surface area contributed by atoms with Crippen LogP contribution in [-0.4, -0.2) is 15.7 Å². The Kier molecular flexibility index (Phi) is 2.35. The average molecular weight is 169 g/mol. The summed E-state index contributed by atoms with van der Waals surface area (Å²) in [5.74, 6) is 0.657. The van der Waals surface area contributed by atoms with Gasteiger partial charge in [0.1, 0.15) is 0 Å². The molecule has 0 unspecified atom stereocenters. The summed E-state index contributed by atoms with van der Waals surface area (Å²) in [5, 5.41) is 6.83. The highest BCUT2D eigenvalue weighted by molar-refractivity contribution is 5.22. The maximum atomic E-state index is 4.93. The molecule has 0 radical (unpaired) electrons. The fourth-order valence-electron chi connectivity index (χ4n) is 0.726. The molecule has 0 saturated carbocycles. The lowest BCUT2D eigenvalue weighted by Gasteiger charge is -2.22. The maximum Gasteiger partial charge on any atom is 0.321 e. The highest BCUT2D eigenvalue weighted by Gasteiger charge is 2.17. The topological polar surface area (TPSA) is 51.0 Å². The van der Waals surface area contributed by atoms with Gasteiger partial charge >= 0.3 is 6.01 Å². The summed E-state index contributed by atoms with van der Waals surface area (Å²) in [6, 6.07) is 0.499. The van der Waals surface area contributed by atoms with E-state index < -0.39 is 0 Å². The zero-order chi connectivity index (χ0) is 9.19. The third kappa shape index (κ3) is 2.22. The van der Waals surface area contributed by atoms with Crippen LogP contribution >= 0.6 is 0 Å². The van der Waals surface area contributed by atoms with Crippen molar-refractivity contribution < 1.29 is 4.52 Å². The van der Waals surface area contributed by atoms with Gasteiger partial charge in [0, 0.05) is 5.54 Å². The fourth-order valence-corrected chi connectivity index (χ4v) is 0.726. The second kappa shape index (κ2) is 3.13. The Bertz CT molecular complexity index is 255. The Balaban J connectivity index is 2.63. The van der Waals surface area contributed by atoms with Gasteiger partial charge in [-0.15, -0.1) is 0 Å². The highest BCUT2D eigenvalue weighted by Crippen LogP contribution is 2.15. The third-order valence-electron chi connectivity index (χ3n) is 1.86. The summed E-state index contributed by atoms with van der Waals surface area (Å²) in [4.78, 5) is 4.05. The number of aryl methyl sites for hydroxylation is 1. The molecule has 0 aliphatic carbocycles. The molecular weight excluding hydrogens is 154 g/mol. The van der Waals surface area contributed by atoms with E-state index in [1.165, 1.54) is 0 Å². The number of aromatic nitrogens is 2.